The highest BCUT2D eigenvalue weighted by molar-refractivity contribution is 5.48. The highest BCUT2D eigenvalue weighted by atomic mass is 16.6. The van der Waals surface area contributed by atoms with Gasteiger partial charge in [-0.25, -0.2) is 4.98 Å². The first kappa shape index (κ1) is 15.4. The Morgan fingerprint density at radius 3 is 2.89 bits per heavy atom. The summed E-state index contributed by atoms with van der Waals surface area (Å²) in [5, 5.41) is 13.8. The van der Waals surface area contributed by atoms with Gasteiger partial charge in [0.05, 0.1) is 11.0 Å². The van der Waals surface area contributed by atoms with Crippen molar-refractivity contribution >= 4 is 11.5 Å². The van der Waals surface area contributed by atoms with Gasteiger partial charge in [-0.1, -0.05) is 13.8 Å². The van der Waals surface area contributed by atoms with Crippen molar-refractivity contribution in [2.24, 2.45) is 5.92 Å². The molecule has 0 fully saturated rings. The molecule has 0 atom stereocenters. The van der Waals surface area contributed by atoms with Crippen molar-refractivity contribution in [2.75, 3.05) is 25.1 Å². The molecule has 1 rings (SSSR count). The molecule has 106 valence electrons. The molecule has 0 saturated carbocycles. The smallest absolute Gasteiger partial charge is 0.277 e. The fourth-order valence-electron chi connectivity index (χ4n) is 1.52. The predicted octanol–water partition coefficient (Wildman–Crippen LogP) is 2.77. The van der Waals surface area contributed by atoms with Crippen LogP contribution < -0.4 is 5.32 Å². The molecule has 1 aromatic heterocycles. The molecule has 1 aromatic rings. The van der Waals surface area contributed by atoms with Gasteiger partial charge in [0.15, 0.2) is 0 Å². The minimum Gasteiger partial charge on any atom is -0.381 e. The summed E-state index contributed by atoms with van der Waals surface area (Å²) in [5.74, 6) is 1.07. The van der Waals surface area contributed by atoms with E-state index >= 15 is 0 Å². The summed E-state index contributed by atoms with van der Waals surface area (Å²) in [6, 6.07) is 1.46. The molecule has 1 N–H and O–H groups in total. The lowest BCUT2D eigenvalue weighted by Gasteiger charge is -2.08. The van der Waals surface area contributed by atoms with Crippen molar-refractivity contribution in [2.45, 2.75) is 27.2 Å². The number of hydrogen-bond donors (Lipinski definition) is 1. The summed E-state index contributed by atoms with van der Waals surface area (Å²) in [6.07, 6.45) is 2.35. The van der Waals surface area contributed by atoms with Gasteiger partial charge in [0.2, 0.25) is 0 Å². The van der Waals surface area contributed by atoms with Crippen LogP contribution in [0, 0.1) is 23.0 Å². The van der Waals surface area contributed by atoms with Gasteiger partial charge in [-0.15, -0.1) is 0 Å². The van der Waals surface area contributed by atoms with E-state index in [2.05, 4.69) is 24.1 Å². The lowest BCUT2D eigenvalue weighted by molar-refractivity contribution is -0.385. The van der Waals surface area contributed by atoms with Gasteiger partial charge in [-0.3, -0.25) is 10.1 Å². The van der Waals surface area contributed by atoms with Gasteiger partial charge < -0.3 is 10.1 Å². The first-order chi connectivity index (χ1) is 9.00. The minimum absolute atomic E-state index is 0.0913. The van der Waals surface area contributed by atoms with Crippen LogP contribution in [0.3, 0.4) is 0 Å². The molecule has 0 saturated heterocycles. The lowest BCUT2D eigenvalue weighted by Crippen LogP contribution is -2.09. The Hall–Kier alpha value is -1.69. The monoisotopic (exact) mass is 267 g/mol. The number of anilines is 1. The molecule has 0 aliphatic carbocycles. The molecule has 6 nitrogen and oxygen atoms in total. The van der Waals surface area contributed by atoms with Crippen LogP contribution in [0.2, 0.25) is 0 Å². The molecular weight excluding hydrogens is 246 g/mol. The normalized spacial score (nSPS) is 10.7. The van der Waals surface area contributed by atoms with Crippen molar-refractivity contribution in [3.63, 3.8) is 0 Å². The molecule has 0 amide bonds. The van der Waals surface area contributed by atoms with Gasteiger partial charge >= 0.3 is 0 Å². The second-order valence-electron chi connectivity index (χ2n) is 4.86. The third-order valence-corrected chi connectivity index (χ3v) is 2.49. The maximum absolute atomic E-state index is 10.8. The van der Waals surface area contributed by atoms with Gasteiger partial charge in [-0.05, 0) is 19.3 Å². The Balaban J connectivity index is 2.34. The van der Waals surface area contributed by atoms with Crippen molar-refractivity contribution in [1.29, 1.82) is 0 Å². The van der Waals surface area contributed by atoms with E-state index < -0.39 is 4.92 Å². The number of hydrogen-bond acceptors (Lipinski definition) is 5. The van der Waals surface area contributed by atoms with Crippen LogP contribution in [-0.2, 0) is 4.74 Å². The standard InChI is InChI=1S/C13H21N3O3/c1-10(2)9-19-6-4-5-14-13-7-12(16(17)18)11(3)8-15-13/h7-8,10H,4-6,9H2,1-3H3,(H,14,15). The van der Waals surface area contributed by atoms with Crippen LogP contribution in [0.15, 0.2) is 12.3 Å². The zero-order chi connectivity index (χ0) is 14.3. The first-order valence-electron chi connectivity index (χ1n) is 6.43. The van der Waals surface area contributed by atoms with Crippen molar-refractivity contribution in [3.8, 4) is 0 Å². The maximum atomic E-state index is 10.8. The fourth-order valence-corrected chi connectivity index (χ4v) is 1.52. The van der Waals surface area contributed by atoms with Crippen molar-refractivity contribution < 1.29 is 9.66 Å². The zero-order valence-corrected chi connectivity index (χ0v) is 11.7. The molecule has 6 heteroatoms. The molecule has 1 heterocycles. The highest BCUT2D eigenvalue weighted by Crippen LogP contribution is 2.19. The second-order valence-corrected chi connectivity index (χ2v) is 4.86. The third kappa shape index (κ3) is 5.65. The van der Waals surface area contributed by atoms with E-state index in [4.69, 9.17) is 4.74 Å². The highest BCUT2D eigenvalue weighted by Gasteiger charge is 2.11. The predicted molar refractivity (Wildman–Crippen MR) is 74.4 cm³/mol. The van der Waals surface area contributed by atoms with Crippen LogP contribution in [0.25, 0.3) is 0 Å². The molecule has 0 aliphatic rings. The number of nitrogens with zero attached hydrogens (tertiary/aromatic N) is 2. The Morgan fingerprint density at radius 1 is 1.53 bits per heavy atom. The zero-order valence-electron chi connectivity index (χ0n) is 11.7. The van der Waals surface area contributed by atoms with Crippen LogP contribution in [0.4, 0.5) is 11.5 Å². The van der Waals surface area contributed by atoms with E-state index in [1.807, 2.05) is 0 Å². The van der Waals surface area contributed by atoms with E-state index in [-0.39, 0.29) is 5.69 Å². The Labute approximate surface area is 113 Å². The average molecular weight is 267 g/mol. The largest absolute Gasteiger partial charge is 0.381 e. The van der Waals surface area contributed by atoms with E-state index in [1.54, 1.807) is 6.92 Å². The van der Waals surface area contributed by atoms with Gasteiger partial charge in [0.1, 0.15) is 5.82 Å². The van der Waals surface area contributed by atoms with Crippen molar-refractivity contribution in [1.82, 2.24) is 4.98 Å². The summed E-state index contributed by atoms with van der Waals surface area (Å²) >= 11 is 0. The second kappa shape index (κ2) is 7.68. The van der Waals surface area contributed by atoms with Crippen LogP contribution >= 0.6 is 0 Å². The van der Waals surface area contributed by atoms with Crippen molar-refractivity contribution in [3.05, 3.63) is 27.9 Å². The SMILES string of the molecule is Cc1cnc(NCCCOCC(C)C)cc1[N+](=O)[O-]. The number of rotatable bonds is 8. The molecule has 19 heavy (non-hydrogen) atoms. The number of aromatic nitrogens is 1. The average Bonchev–Trinajstić information content (AvgIpc) is 2.34. The van der Waals surface area contributed by atoms with E-state index in [1.165, 1.54) is 12.3 Å². The van der Waals surface area contributed by atoms with Crippen LogP contribution in [0.5, 0.6) is 0 Å². The Morgan fingerprint density at radius 2 is 2.26 bits per heavy atom. The van der Waals surface area contributed by atoms with E-state index in [0.717, 1.165) is 13.0 Å². The molecule has 0 bridgehead atoms. The molecule has 0 aliphatic heterocycles. The van der Waals surface area contributed by atoms with Crippen LogP contribution in [-0.4, -0.2) is 29.7 Å². The summed E-state index contributed by atoms with van der Waals surface area (Å²) < 4.78 is 5.45. The Bertz CT molecular complexity index is 422. The quantitative estimate of drug-likeness (QED) is 0.445. The molecule has 0 radical (unpaired) electrons. The Kier molecular flexibility index (Phi) is 6.21. The fraction of sp³-hybridized carbons (Fsp3) is 0.615. The number of pyridine rings is 1. The van der Waals surface area contributed by atoms with Crippen LogP contribution in [0.1, 0.15) is 25.8 Å². The van der Waals surface area contributed by atoms with Gasteiger partial charge in [0.25, 0.3) is 5.69 Å². The minimum atomic E-state index is -0.395. The number of ether oxygens (including phenoxy) is 1. The summed E-state index contributed by atoms with van der Waals surface area (Å²) in [6.45, 7) is 8.01. The molecule has 0 spiro atoms. The summed E-state index contributed by atoms with van der Waals surface area (Å²) in [7, 11) is 0. The first-order valence-corrected chi connectivity index (χ1v) is 6.43. The van der Waals surface area contributed by atoms with Gasteiger partial charge in [0, 0.05) is 31.5 Å². The molecule has 0 unspecified atom stereocenters. The summed E-state index contributed by atoms with van der Waals surface area (Å²) in [4.78, 5) is 14.5. The number of aryl methyl sites for hydroxylation is 1. The maximum Gasteiger partial charge on any atom is 0.277 e. The summed E-state index contributed by atoms with van der Waals surface area (Å²) in [5.41, 5.74) is 0.657. The lowest BCUT2D eigenvalue weighted by atomic mass is 10.2. The number of nitrogens with one attached hydrogen (secondary N) is 1. The third-order valence-electron chi connectivity index (χ3n) is 2.49. The van der Waals surface area contributed by atoms with Gasteiger partial charge in [-0.2, -0.15) is 0 Å². The topological polar surface area (TPSA) is 77.3 Å². The molecule has 0 aromatic carbocycles. The van der Waals surface area contributed by atoms with E-state index in [0.29, 0.717) is 30.5 Å². The van der Waals surface area contributed by atoms with E-state index in [9.17, 15) is 10.1 Å². The number of nitro groups is 1. The molecular formula is C13H21N3O3.